The van der Waals surface area contributed by atoms with Gasteiger partial charge in [-0.05, 0) is 12.5 Å². The van der Waals surface area contributed by atoms with E-state index in [2.05, 4.69) is 9.55 Å². The Hall–Kier alpha value is -1.32. The second kappa shape index (κ2) is 4.17. The second-order valence-corrected chi connectivity index (χ2v) is 4.77. The minimum absolute atomic E-state index is 0.260. The molecule has 0 radical (unpaired) electrons. The summed E-state index contributed by atoms with van der Waals surface area (Å²) in [6.45, 7) is 0.827. The predicted octanol–water partition coefficient (Wildman–Crippen LogP) is 2.51. The largest absolute Gasteiger partial charge is 0.393 e. The Morgan fingerprint density at radius 1 is 1.35 bits per heavy atom. The van der Waals surface area contributed by atoms with Crippen molar-refractivity contribution < 1.29 is 5.11 Å². The molecule has 4 heteroatoms. The van der Waals surface area contributed by atoms with Gasteiger partial charge in [-0.15, -0.1) is 0 Å². The Kier molecular flexibility index (Phi) is 2.65. The summed E-state index contributed by atoms with van der Waals surface area (Å²) in [7, 11) is 0. The zero-order valence-electron chi connectivity index (χ0n) is 9.31. The van der Waals surface area contributed by atoms with E-state index in [-0.39, 0.29) is 6.10 Å². The van der Waals surface area contributed by atoms with Crippen LogP contribution in [0.15, 0.2) is 30.5 Å². The highest BCUT2D eigenvalue weighted by molar-refractivity contribution is 6.33. The third-order valence-electron chi connectivity index (χ3n) is 3.13. The molecule has 1 aromatic carbocycles. The van der Waals surface area contributed by atoms with E-state index in [1.165, 1.54) is 0 Å². The lowest BCUT2D eigenvalue weighted by Gasteiger charge is -2.18. The Bertz CT molecular complexity index is 550. The van der Waals surface area contributed by atoms with Crippen molar-refractivity contribution in [3.63, 3.8) is 0 Å². The number of imidazole rings is 1. The number of halogens is 1. The highest BCUT2D eigenvalue weighted by Gasteiger charge is 2.19. The van der Waals surface area contributed by atoms with Crippen LogP contribution in [0.25, 0.3) is 11.3 Å². The third kappa shape index (κ3) is 1.96. The summed E-state index contributed by atoms with van der Waals surface area (Å²) in [5.41, 5.74) is 1.84. The van der Waals surface area contributed by atoms with Gasteiger partial charge in [0.2, 0.25) is 0 Å². The fourth-order valence-electron chi connectivity index (χ4n) is 2.21. The number of benzene rings is 1. The molecule has 1 aliphatic rings. The van der Waals surface area contributed by atoms with Crippen LogP contribution in [0.1, 0.15) is 12.2 Å². The lowest BCUT2D eigenvalue weighted by atomic mass is 10.1. The zero-order valence-corrected chi connectivity index (χ0v) is 10.1. The van der Waals surface area contributed by atoms with Crippen LogP contribution < -0.4 is 0 Å². The van der Waals surface area contributed by atoms with Gasteiger partial charge in [-0.1, -0.05) is 29.8 Å². The molecule has 88 valence electrons. The highest BCUT2D eigenvalue weighted by atomic mass is 35.5. The van der Waals surface area contributed by atoms with Crippen LogP contribution in [-0.4, -0.2) is 20.8 Å². The maximum Gasteiger partial charge on any atom is 0.112 e. The summed E-state index contributed by atoms with van der Waals surface area (Å²) >= 11 is 6.15. The molecule has 0 spiro atoms. The van der Waals surface area contributed by atoms with Crippen molar-refractivity contribution in [2.75, 3.05) is 0 Å². The fourth-order valence-corrected chi connectivity index (χ4v) is 2.44. The van der Waals surface area contributed by atoms with E-state index < -0.39 is 0 Å². The van der Waals surface area contributed by atoms with Gasteiger partial charge in [0, 0.05) is 24.7 Å². The SMILES string of the molecule is OC1CCn2cc(-c3ccccc3Cl)nc2C1. The van der Waals surface area contributed by atoms with Crippen LogP contribution in [0.3, 0.4) is 0 Å². The van der Waals surface area contributed by atoms with Crippen molar-refractivity contribution >= 4 is 11.6 Å². The molecule has 1 atom stereocenters. The number of aromatic nitrogens is 2. The van der Waals surface area contributed by atoms with Crippen molar-refractivity contribution in [3.8, 4) is 11.3 Å². The van der Waals surface area contributed by atoms with Gasteiger partial charge >= 0.3 is 0 Å². The fraction of sp³-hybridized carbons (Fsp3) is 0.308. The first kappa shape index (κ1) is 10.8. The highest BCUT2D eigenvalue weighted by Crippen LogP contribution is 2.28. The van der Waals surface area contributed by atoms with E-state index in [0.717, 1.165) is 30.0 Å². The number of aliphatic hydroxyl groups is 1. The molecule has 3 nitrogen and oxygen atoms in total. The molecule has 1 aliphatic heterocycles. The lowest BCUT2D eigenvalue weighted by molar-refractivity contribution is 0.141. The van der Waals surface area contributed by atoms with Crippen molar-refractivity contribution in [2.45, 2.75) is 25.5 Å². The first-order valence-corrected chi connectivity index (χ1v) is 6.11. The van der Waals surface area contributed by atoms with E-state index in [1.54, 1.807) is 0 Å². The molecule has 2 aromatic rings. The molecule has 0 amide bonds. The molecular formula is C13H13ClN2O. The summed E-state index contributed by atoms with van der Waals surface area (Å²) in [4.78, 5) is 4.55. The maximum atomic E-state index is 9.61. The van der Waals surface area contributed by atoms with E-state index >= 15 is 0 Å². The number of aryl methyl sites for hydroxylation is 1. The molecule has 0 fully saturated rings. The van der Waals surface area contributed by atoms with Gasteiger partial charge in [-0.2, -0.15) is 0 Å². The summed E-state index contributed by atoms with van der Waals surface area (Å²) in [5, 5.41) is 10.3. The molecular weight excluding hydrogens is 236 g/mol. The average Bonchev–Trinajstić information content (AvgIpc) is 2.72. The number of hydrogen-bond acceptors (Lipinski definition) is 2. The van der Waals surface area contributed by atoms with Crippen molar-refractivity contribution in [3.05, 3.63) is 41.3 Å². The van der Waals surface area contributed by atoms with Crippen molar-refractivity contribution in [1.82, 2.24) is 9.55 Å². The van der Waals surface area contributed by atoms with Crippen molar-refractivity contribution in [1.29, 1.82) is 0 Å². The molecule has 0 saturated carbocycles. The van der Waals surface area contributed by atoms with E-state index in [0.29, 0.717) is 11.4 Å². The van der Waals surface area contributed by atoms with Gasteiger partial charge in [0.1, 0.15) is 5.82 Å². The summed E-state index contributed by atoms with van der Waals surface area (Å²) in [6, 6.07) is 7.69. The summed E-state index contributed by atoms with van der Waals surface area (Å²) in [6.07, 6.45) is 3.18. The van der Waals surface area contributed by atoms with Gasteiger partial charge < -0.3 is 9.67 Å². The van der Waals surface area contributed by atoms with Crippen LogP contribution >= 0.6 is 11.6 Å². The van der Waals surface area contributed by atoms with Gasteiger partial charge in [0.25, 0.3) is 0 Å². The Balaban J connectivity index is 2.03. The predicted molar refractivity (Wildman–Crippen MR) is 67.0 cm³/mol. The first-order valence-electron chi connectivity index (χ1n) is 5.73. The number of rotatable bonds is 1. The quantitative estimate of drug-likeness (QED) is 0.842. The van der Waals surface area contributed by atoms with Gasteiger partial charge in [0.05, 0.1) is 16.8 Å². The third-order valence-corrected chi connectivity index (χ3v) is 3.46. The van der Waals surface area contributed by atoms with Crippen LogP contribution in [0, 0.1) is 0 Å². The number of aliphatic hydroxyl groups excluding tert-OH is 1. The molecule has 1 unspecified atom stereocenters. The van der Waals surface area contributed by atoms with E-state index in [4.69, 9.17) is 11.6 Å². The molecule has 0 bridgehead atoms. The Morgan fingerprint density at radius 3 is 3.00 bits per heavy atom. The molecule has 1 aromatic heterocycles. The summed E-state index contributed by atoms with van der Waals surface area (Å²) in [5.74, 6) is 0.943. The normalized spacial score (nSPS) is 19.1. The molecule has 1 N–H and O–H groups in total. The maximum absolute atomic E-state index is 9.61. The van der Waals surface area contributed by atoms with Crippen LogP contribution in [-0.2, 0) is 13.0 Å². The summed E-state index contributed by atoms with van der Waals surface area (Å²) < 4.78 is 2.10. The Morgan fingerprint density at radius 2 is 2.18 bits per heavy atom. The molecule has 2 heterocycles. The molecule has 3 rings (SSSR count). The van der Waals surface area contributed by atoms with Gasteiger partial charge in [0.15, 0.2) is 0 Å². The number of nitrogens with zero attached hydrogens (tertiary/aromatic N) is 2. The standard InChI is InChI=1S/C13H13ClN2O/c14-11-4-2-1-3-10(11)12-8-16-6-5-9(17)7-13(16)15-12/h1-4,8-9,17H,5-7H2. The van der Waals surface area contributed by atoms with E-state index in [9.17, 15) is 5.11 Å². The minimum atomic E-state index is -0.260. The second-order valence-electron chi connectivity index (χ2n) is 4.36. The monoisotopic (exact) mass is 248 g/mol. The molecule has 0 saturated heterocycles. The molecule has 17 heavy (non-hydrogen) atoms. The Labute approximate surface area is 105 Å². The van der Waals surface area contributed by atoms with Gasteiger partial charge in [-0.25, -0.2) is 4.98 Å². The number of fused-ring (bicyclic) bond motifs is 1. The van der Waals surface area contributed by atoms with Crippen molar-refractivity contribution in [2.24, 2.45) is 0 Å². The van der Waals surface area contributed by atoms with Crippen LogP contribution in [0.5, 0.6) is 0 Å². The zero-order chi connectivity index (χ0) is 11.8. The van der Waals surface area contributed by atoms with E-state index in [1.807, 2.05) is 30.5 Å². The topological polar surface area (TPSA) is 38.0 Å². The number of hydrogen-bond donors (Lipinski definition) is 1. The van der Waals surface area contributed by atoms with Gasteiger partial charge in [-0.3, -0.25) is 0 Å². The smallest absolute Gasteiger partial charge is 0.112 e. The lowest BCUT2D eigenvalue weighted by Crippen LogP contribution is -2.22. The van der Waals surface area contributed by atoms with Crippen LogP contribution in [0.2, 0.25) is 5.02 Å². The average molecular weight is 249 g/mol. The first-order chi connectivity index (χ1) is 8.24. The van der Waals surface area contributed by atoms with Crippen LogP contribution in [0.4, 0.5) is 0 Å². The minimum Gasteiger partial charge on any atom is -0.393 e. The molecule has 0 aliphatic carbocycles.